The summed E-state index contributed by atoms with van der Waals surface area (Å²) >= 11 is 0. The van der Waals surface area contributed by atoms with Crippen molar-refractivity contribution in [3.05, 3.63) is 17.7 Å². The van der Waals surface area contributed by atoms with Crippen LogP contribution in [0.2, 0.25) is 0 Å². The second-order valence-corrected chi connectivity index (χ2v) is 5.25. The topological polar surface area (TPSA) is 59.6 Å². The molecule has 0 saturated carbocycles. The first-order valence-corrected chi connectivity index (χ1v) is 7.61. The molecular weight excluding hydrogens is 268 g/mol. The molecule has 0 bridgehead atoms. The molecule has 1 aromatic rings. The van der Waals surface area contributed by atoms with E-state index < -0.39 is 0 Å². The van der Waals surface area contributed by atoms with E-state index in [-0.39, 0.29) is 12.0 Å². The Kier molecular flexibility index (Phi) is 5.44. The summed E-state index contributed by atoms with van der Waals surface area (Å²) in [6, 6.07) is 3.83. The van der Waals surface area contributed by atoms with Gasteiger partial charge in [0.15, 0.2) is 0 Å². The molecule has 0 radical (unpaired) electrons. The number of ether oxygens (including phenoxy) is 2. The van der Waals surface area contributed by atoms with Crippen LogP contribution in [0, 0.1) is 0 Å². The Balaban J connectivity index is 2.10. The van der Waals surface area contributed by atoms with E-state index in [1.807, 2.05) is 26.0 Å². The molecule has 0 saturated heterocycles. The van der Waals surface area contributed by atoms with Crippen LogP contribution in [0.5, 0.6) is 11.5 Å². The molecule has 1 atom stereocenters. The predicted octanol–water partition coefficient (Wildman–Crippen LogP) is 2.35. The molecule has 5 heteroatoms. The highest BCUT2D eigenvalue weighted by Gasteiger charge is 2.22. The van der Waals surface area contributed by atoms with E-state index in [4.69, 9.17) is 9.47 Å². The lowest BCUT2D eigenvalue weighted by Crippen LogP contribution is -2.28. The van der Waals surface area contributed by atoms with Crippen LogP contribution in [0.3, 0.4) is 0 Å². The number of hydrogen-bond acceptors (Lipinski definition) is 4. The number of nitrogens with one attached hydrogen (secondary N) is 2. The van der Waals surface area contributed by atoms with Gasteiger partial charge in [0, 0.05) is 18.1 Å². The number of carbonyl (C=O) groups excluding carboxylic acids is 1. The highest BCUT2D eigenvalue weighted by Crippen LogP contribution is 2.37. The predicted molar refractivity (Wildman–Crippen MR) is 83.2 cm³/mol. The van der Waals surface area contributed by atoms with Crippen molar-refractivity contribution in [3.63, 3.8) is 0 Å². The average molecular weight is 292 g/mol. The molecule has 0 spiro atoms. The van der Waals surface area contributed by atoms with Gasteiger partial charge in [0.2, 0.25) is 5.91 Å². The van der Waals surface area contributed by atoms with Gasteiger partial charge in [-0.15, -0.1) is 0 Å². The van der Waals surface area contributed by atoms with Gasteiger partial charge < -0.3 is 20.1 Å². The van der Waals surface area contributed by atoms with Gasteiger partial charge in [0.05, 0.1) is 18.8 Å². The minimum atomic E-state index is -0.0737. The third-order valence-electron chi connectivity index (χ3n) is 3.28. The van der Waals surface area contributed by atoms with Gasteiger partial charge in [-0.2, -0.15) is 0 Å². The van der Waals surface area contributed by atoms with Crippen molar-refractivity contribution in [1.29, 1.82) is 0 Å². The Morgan fingerprint density at radius 1 is 1.43 bits per heavy atom. The van der Waals surface area contributed by atoms with Gasteiger partial charge in [-0.3, -0.25) is 4.79 Å². The normalized spacial score (nSPS) is 16.2. The molecule has 21 heavy (non-hydrogen) atoms. The number of fused-ring (bicyclic) bond motifs is 1. The first-order chi connectivity index (χ1) is 10.1. The Hall–Kier alpha value is -1.75. The molecule has 1 unspecified atom stereocenters. The van der Waals surface area contributed by atoms with Gasteiger partial charge in [0.1, 0.15) is 17.6 Å². The third-order valence-corrected chi connectivity index (χ3v) is 3.28. The lowest BCUT2D eigenvalue weighted by molar-refractivity contribution is -0.115. The van der Waals surface area contributed by atoms with E-state index in [2.05, 4.69) is 17.6 Å². The number of carbonyl (C=O) groups is 1. The van der Waals surface area contributed by atoms with Gasteiger partial charge in [-0.25, -0.2) is 0 Å². The average Bonchev–Trinajstić information content (AvgIpc) is 2.79. The van der Waals surface area contributed by atoms with Crippen LogP contribution in [-0.2, 0) is 11.2 Å². The van der Waals surface area contributed by atoms with Crippen LogP contribution in [0.4, 0.5) is 5.69 Å². The summed E-state index contributed by atoms with van der Waals surface area (Å²) in [4.78, 5) is 11.9. The summed E-state index contributed by atoms with van der Waals surface area (Å²) in [5.74, 6) is 1.47. The Morgan fingerprint density at radius 3 is 2.95 bits per heavy atom. The van der Waals surface area contributed by atoms with E-state index in [1.54, 1.807) is 0 Å². The maximum absolute atomic E-state index is 11.9. The smallest absolute Gasteiger partial charge is 0.238 e. The fourth-order valence-electron chi connectivity index (χ4n) is 2.39. The van der Waals surface area contributed by atoms with E-state index in [9.17, 15) is 4.79 Å². The van der Waals surface area contributed by atoms with E-state index in [0.29, 0.717) is 24.6 Å². The van der Waals surface area contributed by atoms with Crippen LogP contribution in [0.25, 0.3) is 0 Å². The third kappa shape index (κ3) is 4.11. The molecule has 116 valence electrons. The minimum absolute atomic E-state index is 0.0737. The van der Waals surface area contributed by atoms with Crippen molar-refractivity contribution in [3.8, 4) is 11.5 Å². The van der Waals surface area contributed by atoms with Crippen molar-refractivity contribution in [2.45, 2.75) is 39.7 Å². The summed E-state index contributed by atoms with van der Waals surface area (Å²) in [6.45, 7) is 7.72. The van der Waals surface area contributed by atoms with Gasteiger partial charge in [0.25, 0.3) is 0 Å². The summed E-state index contributed by atoms with van der Waals surface area (Å²) in [6.07, 6.45) is 2.05. The SMILES string of the molecule is CCCNCC(=O)Nc1cc2c(cc1OCC)CC(C)O2. The van der Waals surface area contributed by atoms with E-state index in [1.165, 1.54) is 0 Å². The Morgan fingerprint density at radius 2 is 2.24 bits per heavy atom. The van der Waals surface area contributed by atoms with Crippen molar-refractivity contribution < 1.29 is 14.3 Å². The van der Waals surface area contributed by atoms with E-state index in [0.717, 1.165) is 30.7 Å². The molecular formula is C16H24N2O3. The zero-order valence-electron chi connectivity index (χ0n) is 13.0. The zero-order valence-corrected chi connectivity index (χ0v) is 13.0. The van der Waals surface area contributed by atoms with Gasteiger partial charge in [-0.05, 0) is 32.9 Å². The van der Waals surface area contributed by atoms with Crippen LogP contribution in [-0.4, -0.2) is 31.7 Å². The molecule has 1 aromatic carbocycles. The molecule has 2 rings (SSSR count). The molecule has 5 nitrogen and oxygen atoms in total. The molecule has 0 aromatic heterocycles. The van der Waals surface area contributed by atoms with Crippen LogP contribution < -0.4 is 20.1 Å². The molecule has 0 fully saturated rings. The molecule has 0 aliphatic carbocycles. The Bertz CT molecular complexity index is 503. The number of anilines is 1. The van der Waals surface area contributed by atoms with Gasteiger partial charge in [-0.1, -0.05) is 6.92 Å². The highest BCUT2D eigenvalue weighted by molar-refractivity contribution is 5.94. The molecule has 1 heterocycles. The Labute approximate surface area is 126 Å². The van der Waals surface area contributed by atoms with Crippen molar-refractivity contribution in [2.24, 2.45) is 0 Å². The fourth-order valence-corrected chi connectivity index (χ4v) is 2.39. The first-order valence-electron chi connectivity index (χ1n) is 7.61. The second kappa shape index (κ2) is 7.31. The number of benzene rings is 1. The maximum atomic E-state index is 11.9. The van der Waals surface area contributed by atoms with E-state index >= 15 is 0 Å². The lowest BCUT2D eigenvalue weighted by Gasteiger charge is -2.13. The standard InChI is InChI=1S/C16H24N2O3/c1-4-6-17-10-16(19)18-13-9-14-12(7-11(3)21-14)8-15(13)20-5-2/h8-9,11,17H,4-7,10H2,1-3H3,(H,18,19). The number of amides is 1. The van der Waals surface area contributed by atoms with Crippen LogP contribution in [0.1, 0.15) is 32.8 Å². The maximum Gasteiger partial charge on any atom is 0.238 e. The molecule has 1 amide bonds. The lowest BCUT2D eigenvalue weighted by atomic mass is 10.1. The molecule has 1 aliphatic rings. The van der Waals surface area contributed by atoms with Crippen LogP contribution in [0.15, 0.2) is 12.1 Å². The highest BCUT2D eigenvalue weighted by atomic mass is 16.5. The molecule has 2 N–H and O–H groups in total. The van der Waals surface area contributed by atoms with Gasteiger partial charge >= 0.3 is 0 Å². The molecule has 1 aliphatic heterocycles. The summed E-state index contributed by atoms with van der Waals surface area (Å²) < 4.78 is 11.4. The van der Waals surface area contributed by atoms with Crippen molar-refractivity contribution in [1.82, 2.24) is 5.32 Å². The summed E-state index contributed by atoms with van der Waals surface area (Å²) in [5, 5.41) is 5.97. The largest absolute Gasteiger partial charge is 0.492 e. The number of hydrogen-bond donors (Lipinski definition) is 2. The minimum Gasteiger partial charge on any atom is -0.492 e. The summed E-state index contributed by atoms with van der Waals surface area (Å²) in [7, 11) is 0. The summed E-state index contributed by atoms with van der Waals surface area (Å²) in [5.41, 5.74) is 1.81. The first kappa shape index (κ1) is 15.6. The van der Waals surface area contributed by atoms with Crippen molar-refractivity contribution >= 4 is 11.6 Å². The number of rotatable bonds is 7. The fraction of sp³-hybridized carbons (Fsp3) is 0.562. The van der Waals surface area contributed by atoms with Crippen LogP contribution >= 0.6 is 0 Å². The monoisotopic (exact) mass is 292 g/mol. The zero-order chi connectivity index (χ0) is 15.2. The quantitative estimate of drug-likeness (QED) is 0.757. The van der Waals surface area contributed by atoms with Crippen molar-refractivity contribution in [2.75, 3.05) is 25.0 Å². The second-order valence-electron chi connectivity index (χ2n) is 5.25.